The first-order chi connectivity index (χ1) is 12.5. The molecule has 0 radical (unpaired) electrons. The maximum Gasteiger partial charge on any atom is 0.339 e. The van der Waals surface area contributed by atoms with Crippen LogP contribution < -0.4 is 5.32 Å². The van der Waals surface area contributed by atoms with Crippen LogP contribution in [-0.4, -0.2) is 40.5 Å². The number of hydrogen-bond donors (Lipinski definition) is 2. The first kappa shape index (κ1) is 18.6. The van der Waals surface area contributed by atoms with Crippen molar-refractivity contribution in [2.24, 2.45) is 0 Å². The molecule has 1 amide bonds. The van der Waals surface area contributed by atoms with Gasteiger partial charge in [0.1, 0.15) is 10.6 Å². The zero-order valence-corrected chi connectivity index (χ0v) is 15.9. The third-order valence-corrected chi connectivity index (χ3v) is 5.94. The minimum Gasteiger partial charge on any atom is -0.478 e. The number of nitrogens with one attached hydrogen (secondary N) is 1. The molecule has 1 aromatic heterocycles. The fourth-order valence-electron chi connectivity index (χ4n) is 3.61. The van der Waals surface area contributed by atoms with Crippen LogP contribution in [0.4, 0.5) is 5.00 Å². The van der Waals surface area contributed by atoms with Gasteiger partial charge in [0.2, 0.25) is 5.91 Å². The number of carboxylic acids is 1. The van der Waals surface area contributed by atoms with Gasteiger partial charge in [-0.25, -0.2) is 4.79 Å². The highest BCUT2D eigenvalue weighted by atomic mass is 32.1. The highest BCUT2D eigenvalue weighted by molar-refractivity contribution is 7.15. The standard InChI is InChI=1S/C20H24N2O3S/c1-13-7-6-8-14(2)22(13)11-17(23)21-19-18(20(24)25)16(12-26-19)15-9-4-3-5-10-15/h3-5,9-10,12-14H,6-8,11H2,1-2H3,(H,21,23)(H,24,25). The van der Waals surface area contributed by atoms with E-state index in [0.717, 1.165) is 18.4 Å². The molecule has 1 saturated heterocycles. The van der Waals surface area contributed by atoms with Crippen LogP contribution in [0.5, 0.6) is 0 Å². The van der Waals surface area contributed by atoms with E-state index >= 15 is 0 Å². The van der Waals surface area contributed by atoms with Gasteiger partial charge >= 0.3 is 5.97 Å². The molecule has 0 bridgehead atoms. The Morgan fingerprint density at radius 2 is 1.85 bits per heavy atom. The Morgan fingerprint density at radius 3 is 2.46 bits per heavy atom. The molecular formula is C20H24N2O3S. The van der Waals surface area contributed by atoms with E-state index in [2.05, 4.69) is 24.1 Å². The number of carboxylic acid groups (broad SMARTS) is 1. The molecule has 0 spiro atoms. The molecule has 5 nitrogen and oxygen atoms in total. The van der Waals surface area contributed by atoms with Crippen LogP contribution in [0.3, 0.4) is 0 Å². The SMILES string of the molecule is CC1CCCC(C)N1CC(=O)Nc1scc(-c2ccccc2)c1C(=O)O. The van der Waals surface area contributed by atoms with Crippen LogP contribution in [0, 0.1) is 0 Å². The molecule has 1 fully saturated rings. The number of likely N-dealkylation sites (tertiary alicyclic amines) is 1. The van der Waals surface area contributed by atoms with Gasteiger partial charge in [-0.2, -0.15) is 0 Å². The van der Waals surface area contributed by atoms with Gasteiger partial charge in [-0.05, 0) is 32.3 Å². The normalized spacial score (nSPS) is 20.7. The zero-order valence-electron chi connectivity index (χ0n) is 15.1. The lowest BCUT2D eigenvalue weighted by Crippen LogP contribution is -2.47. The Bertz CT molecular complexity index is 778. The molecule has 2 atom stereocenters. The van der Waals surface area contributed by atoms with Gasteiger partial charge in [0.15, 0.2) is 0 Å². The number of rotatable bonds is 5. The quantitative estimate of drug-likeness (QED) is 0.820. The van der Waals surface area contributed by atoms with Crippen LogP contribution in [-0.2, 0) is 4.79 Å². The van der Waals surface area contributed by atoms with E-state index in [4.69, 9.17) is 0 Å². The van der Waals surface area contributed by atoms with Crippen LogP contribution in [0.25, 0.3) is 11.1 Å². The fourth-order valence-corrected chi connectivity index (χ4v) is 4.59. The summed E-state index contributed by atoms with van der Waals surface area (Å²) in [5.74, 6) is -1.19. The Morgan fingerprint density at radius 1 is 1.19 bits per heavy atom. The van der Waals surface area contributed by atoms with Crippen molar-refractivity contribution in [3.05, 3.63) is 41.3 Å². The van der Waals surface area contributed by atoms with Crippen molar-refractivity contribution >= 4 is 28.2 Å². The third kappa shape index (κ3) is 3.97. The molecule has 0 saturated carbocycles. The maximum atomic E-state index is 12.6. The minimum absolute atomic E-state index is 0.158. The van der Waals surface area contributed by atoms with Crippen molar-refractivity contribution in [1.29, 1.82) is 0 Å². The van der Waals surface area contributed by atoms with E-state index in [1.807, 2.05) is 30.3 Å². The summed E-state index contributed by atoms with van der Waals surface area (Å²) in [5.41, 5.74) is 1.63. The summed E-state index contributed by atoms with van der Waals surface area (Å²) < 4.78 is 0. The Labute approximate surface area is 157 Å². The molecule has 26 heavy (non-hydrogen) atoms. The topological polar surface area (TPSA) is 69.6 Å². The van der Waals surface area contributed by atoms with Crippen molar-refractivity contribution in [2.45, 2.75) is 45.2 Å². The van der Waals surface area contributed by atoms with Crippen molar-refractivity contribution in [3.8, 4) is 11.1 Å². The number of amides is 1. The van der Waals surface area contributed by atoms with E-state index in [1.165, 1.54) is 17.8 Å². The second-order valence-corrected chi connectivity index (χ2v) is 7.75. The molecule has 2 unspecified atom stereocenters. The number of aromatic carboxylic acids is 1. The van der Waals surface area contributed by atoms with Crippen molar-refractivity contribution in [2.75, 3.05) is 11.9 Å². The molecule has 6 heteroatoms. The summed E-state index contributed by atoms with van der Waals surface area (Å²) in [6, 6.07) is 10.1. The number of piperidine rings is 1. The van der Waals surface area contributed by atoms with Gasteiger partial charge in [-0.3, -0.25) is 9.69 Å². The van der Waals surface area contributed by atoms with Crippen LogP contribution in [0.1, 0.15) is 43.5 Å². The fraction of sp³-hybridized carbons (Fsp3) is 0.400. The molecule has 1 aliphatic heterocycles. The van der Waals surface area contributed by atoms with Crippen LogP contribution >= 0.6 is 11.3 Å². The minimum atomic E-state index is -1.03. The zero-order chi connectivity index (χ0) is 18.7. The van der Waals surface area contributed by atoms with Crippen LogP contribution in [0.15, 0.2) is 35.7 Å². The Balaban J connectivity index is 1.78. The van der Waals surface area contributed by atoms with Gasteiger partial charge in [0.25, 0.3) is 0 Å². The number of benzene rings is 1. The van der Waals surface area contributed by atoms with Crippen LogP contribution in [0.2, 0.25) is 0 Å². The number of nitrogens with zero attached hydrogens (tertiary/aromatic N) is 1. The smallest absolute Gasteiger partial charge is 0.339 e. The van der Waals surface area contributed by atoms with Crippen molar-refractivity contribution in [3.63, 3.8) is 0 Å². The van der Waals surface area contributed by atoms with Gasteiger partial charge in [0, 0.05) is 23.0 Å². The van der Waals surface area contributed by atoms with E-state index in [-0.39, 0.29) is 11.5 Å². The highest BCUT2D eigenvalue weighted by Crippen LogP contribution is 2.35. The largest absolute Gasteiger partial charge is 0.478 e. The molecule has 2 heterocycles. The first-order valence-electron chi connectivity index (χ1n) is 8.93. The molecule has 2 N–H and O–H groups in total. The van der Waals surface area contributed by atoms with E-state index in [0.29, 0.717) is 29.2 Å². The van der Waals surface area contributed by atoms with E-state index < -0.39 is 5.97 Å². The number of carbonyl (C=O) groups is 2. The summed E-state index contributed by atoms with van der Waals surface area (Å²) >= 11 is 1.26. The number of thiophene rings is 1. The van der Waals surface area contributed by atoms with Gasteiger partial charge in [-0.1, -0.05) is 36.8 Å². The molecule has 0 aliphatic carbocycles. The molecule has 138 valence electrons. The molecule has 2 aromatic rings. The lowest BCUT2D eigenvalue weighted by molar-refractivity contribution is -0.118. The summed E-state index contributed by atoms with van der Waals surface area (Å²) in [7, 11) is 0. The average Bonchev–Trinajstić information content (AvgIpc) is 3.03. The van der Waals surface area contributed by atoms with Gasteiger partial charge in [-0.15, -0.1) is 11.3 Å². The van der Waals surface area contributed by atoms with E-state index in [9.17, 15) is 14.7 Å². The molecule has 1 aliphatic rings. The Kier molecular flexibility index (Phi) is 5.74. The lowest BCUT2D eigenvalue weighted by Gasteiger charge is -2.38. The summed E-state index contributed by atoms with van der Waals surface area (Å²) in [5, 5.41) is 14.7. The average molecular weight is 372 g/mol. The molecular weight excluding hydrogens is 348 g/mol. The van der Waals surface area contributed by atoms with Crippen molar-refractivity contribution in [1.82, 2.24) is 4.90 Å². The predicted octanol–water partition coefficient (Wildman–Crippen LogP) is 4.31. The van der Waals surface area contributed by atoms with E-state index in [1.54, 1.807) is 5.38 Å². The number of anilines is 1. The summed E-state index contributed by atoms with van der Waals surface area (Å²) in [4.78, 5) is 26.6. The van der Waals surface area contributed by atoms with Gasteiger partial charge in [0.05, 0.1) is 6.54 Å². The maximum absolute atomic E-state index is 12.6. The first-order valence-corrected chi connectivity index (χ1v) is 9.81. The highest BCUT2D eigenvalue weighted by Gasteiger charge is 2.27. The third-order valence-electron chi connectivity index (χ3n) is 5.04. The second-order valence-electron chi connectivity index (χ2n) is 6.87. The summed E-state index contributed by atoms with van der Waals surface area (Å²) in [6.45, 7) is 4.58. The number of carbonyl (C=O) groups excluding carboxylic acids is 1. The summed E-state index contributed by atoms with van der Waals surface area (Å²) in [6.07, 6.45) is 3.37. The molecule has 1 aromatic carbocycles. The molecule has 3 rings (SSSR count). The lowest BCUT2D eigenvalue weighted by atomic mass is 9.97. The number of hydrogen-bond acceptors (Lipinski definition) is 4. The predicted molar refractivity (Wildman–Crippen MR) is 105 cm³/mol. The monoisotopic (exact) mass is 372 g/mol. The van der Waals surface area contributed by atoms with Gasteiger partial charge < -0.3 is 10.4 Å². The van der Waals surface area contributed by atoms with Crippen molar-refractivity contribution < 1.29 is 14.7 Å². The second kappa shape index (κ2) is 8.01. The Hall–Kier alpha value is -2.18.